The van der Waals surface area contributed by atoms with Gasteiger partial charge in [-0.1, -0.05) is 13.8 Å². The highest BCUT2D eigenvalue weighted by atomic mass is 16.2. The molecule has 4 nitrogen and oxygen atoms in total. The largest absolute Gasteiger partial charge is 0.353 e. The van der Waals surface area contributed by atoms with Crippen molar-refractivity contribution in [3.8, 4) is 6.07 Å². The number of carbonyl (C=O) groups is 1. The second-order valence-electron chi connectivity index (χ2n) is 3.88. The highest BCUT2D eigenvalue weighted by Crippen LogP contribution is 2.16. The second kappa shape index (κ2) is 5.72. The lowest BCUT2D eigenvalue weighted by Crippen LogP contribution is -2.58. The molecule has 0 radical (unpaired) electrons. The monoisotopic (exact) mass is 209 g/mol. The van der Waals surface area contributed by atoms with Crippen molar-refractivity contribution in [2.75, 3.05) is 13.1 Å². The minimum absolute atomic E-state index is 0.0444. The Morgan fingerprint density at radius 3 is 2.93 bits per heavy atom. The van der Waals surface area contributed by atoms with Crippen LogP contribution in [0.4, 0.5) is 0 Å². The van der Waals surface area contributed by atoms with Crippen LogP contribution in [0.25, 0.3) is 0 Å². The van der Waals surface area contributed by atoms with E-state index in [9.17, 15) is 4.79 Å². The molecule has 0 spiro atoms. The molecule has 1 N–H and O–H groups in total. The minimum atomic E-state index is -0.0444. The van der Waals surface area contributed by atoms with Gasteiger partial charge in [-0.15, -0.1) is 0 Å². The quantitative estimate of drug-likeness (QED) is 0.748. The molecule has 1 amide bonds. The van der Waals surface area contributed by atoms with Crippen molar-refractivity contribution in [2.24, 2.45) is 0 Å². The van der Waals surface area contributed by atoms with E-state index in [2.05, 4.69) is 23.2 Å². The van der Waals surface area contributed by atoms with E-state index in [0.29, 0.717) is 13.0 Å². The first kappa shape index (κ1) is 12.0. The topological polar surface area (TPSA) is 56.1 Å². The van der Waals surface area contributed by atoms with Crippen LogP contribution in [0.15, 0.2) is 0 Å². The summed E-state index contributed by atoms with van der Waals surface area (Å²) in [4.78, 5) is 13.8. The molecule has 2 unspecified atom stereocenters. The van der Waals surface area contributed by atoms with Crippen LogP contribution in [0.3, 0.4) is 0 Å². The van der Waals surface area contributed by atoms with Crippen LogP contribution < -0.4 is 5.32 Å². The maximum atomic E-state index is 11.6. The molecule has 0 saturated carbocycles. The zero-order valence-electron chi connectivity index (χ0n) is 9.49. The second-order valence-corrected chi connectivity index (χ2v) is 3.88. The lowest BCUT2D eigenvalue weighted by atomic mass is 10.0. The molecule has 1 rings (SSSR count). The van der Waals surface area contributed by atoms with Crippen molar-refractivity contribution in [2.45, 2.75) is 45.2 Å². The molecule has 1 fully saturated rings. The summed E-state index contributed by atoms with van der Waals surface area (Å²) >= 11 is 0. The fourth-order valence-electron chi connectivity index (χ4n) is 2.19. The van der Waals surface area contributed by atoms with Crippen molar-refractivity contribution >= 4 is 5.91 Å². The van der Waals surface area contributed by atoms with Crippen LogP contribution in [0.2, 0.25) is 0 Å². The summed E-state index contributed by atoms with van der Waals surface area (Å²) in [5.41, 5.74) is 0. The third-order valence-electron chi connectivity index (χ3n) is 3.03. The van der Waals surface area contributed by atoms with Crippen LogP contribution in [0.5, 0.6) is 0 Å². The first-order chi connectivity index (χ1) is 7.24. The van der Waals surface area contributed by atoms with Crippen molar-refractivity contribution in [1.82, 2.24) is 10.2 Å². The Hall–Kier alpha value is -1.08. The first-order valence-corrected chi connectivity index (χ1v) is 5.65. The molecule has 15 heavy (non-hydrogen) atoms. The van der Waals surface area contributed by atoms with Gasteiger partial charge >= 0.3 is 0 Å². The summed E-state index contributed by atoms with van der Waals surface area (Å²) in [7, 11) is 0. The minimum Gasteiger partial charge on any atom is -0.353 e. The van der Waals surface area contributed by atoms with Gasteiger partial charge in [0.2, 0.25) is 5.91 Å². The lowest BCUT2D eigenvalue weighted by Gasteiger charge is -2.39. The summed E-state index contributed by atoms with van der Waals surface area (Å²) in [6.07, 6.45) is 2.26. The first-order valence-electron chi connectivity index (χ1n) is 5.65. The summed E-state index contributed by atoms with van der Waals surface area (Å²) < 4.78 is 0. The molecule has 2 atom stereocenters. The third-order valence-corrected chi connectivity index (χ3v) is 3.03. The summed E-state index contributed by atoms with van der Waals surface area (Å²) in [6, 6.07) is 2.39. The van der Waals surface area contributed by atoms with Gasteiger partial charge in [0.25, 0.3) is 0 Å². The molecule has 1 saturated heterocycles. The summed E-state index contributed by atoms with van der Waals surface area (Å²) in [5.74, 6) is 0.111. The Labute approximate surface area is 91.2 Å². The van der Waals surface area contributed by atoms with E-state index >= 15 is 0 Å². The number of nitrogens with zero attached hydrogens (tertiary/aromatic N) is 2. The average molecular weight is 209 g/mol. The molecule has 0 bridgehead atoms. The Balaban J connectivity index is 2.71. The van der Waals surface area contributed by atoms with Crippen molar-refractivity contribution in [1.29, 1.82) is 5.26 Å². The van der Waals surface area contributed by atoms with E-state index in [1.54, 1.807) is 0 Å². The van der Waals surface area contributed by atoms with Gasteiger partial charge in [-0.05, 0) is 12.8 Å². The number of carbonyl (C=O) groups excluding carboxylic acids is 1. The molecular formula is C11H19N3O. The third kappa shape index (κ3) is 2.69. The number of rotatable bonds is 4. The predicted octanol–water partition coefficient (Wildman–Crippen LogP) is 0.889. The van der Waals surface area contributed by atoms with E-state index in [-0.39, 0.29) is 18.0 Å². The van der Waals surface area contributed by atoms with Crippen LogP contribution >= 0.6 is 0 Å². The number of piperazine rings is 1. The SMILES string of the molecule is CCC(CC#N)N1CCNC(=O)C1CC. The number of hydrogen-bond donors (Lipinski definition) is 1. The van der Waals surface area contributed by atoms with E-state index in [0.717, 1.165) is 19.4 Å². The number of amides is 1. The van der Waals surface area contributed by atoms with Crippen LogP contribution in [-0.4, -0.2) is 36.0 Å². The Morgan fingerprint density at radius 1 is 1.67 bits per heavy atom. The average Bonchev–Trinajstić information content (AvgIpc) is 2.25. The fraction of sp³-hybridized carbons (Fsp3) is 0.818. The molecule has 1 heterocycles. The van der Waals surface area contributed by atoms with Crippen LogP contribution in [-0.2, 0) is 4.79 Å². The van der Waals surface area contributed by atoms with Gasteiger partial charge in [0, 0.05) is 19.1 Å². The Morgan fingerprint density at radius 2 is 2.40 bits per heavy atom. The Bertz CT molecular complexity index is 259. The molecule has 1 aliphatic rings. The van der Waals surface area contributed by atoms with Gasteiger partial charge in [0.05, 0.1) is 18.5 Å². The maximum absolute atomic E-state index is 11.6. The summed E-state index contributed by atoms with van der Waals surface area (Å²) in [6.45, 7) is 5.66. The van der Waals surface area contributed by atoms with Crippen LogP contribution in [0.1, 0.15) is 33.1 Å². The fourth-order valence-corrected chi connectivity index (χ4v) is 2.19. The standard InChI is InChI=1S/C11H19N3O/c1-3-9(5-6-12)14-8-7-13-11(15)10(14)4-2/h9-10H,3-5,7-8H2,1-2H3,(H,13,15). The number of nitrogens with one attached hydrogen (secondary N) is 1. The molecule has 84 valence electrons. The van der Waals surface area contributed by atoms with E-state index in [1.165, 1.54) is 0 Å². The molecule has 0 aromatic heterocycles. The van der Waals surface area contributed by atoms with Crippen LogP contribution in [0, 0.1) is 11.3 Å². The van der Waals surface area contributed by atoms with Gasteiger partial charge in [-0.2, -0.15) is 5.26 Å². The van der Waals surface area contributed by atoms with Crippen molar-refractivity contribution in [3.63, 3.8) is 0 Å². The van der Waals surface area contributed by atoms with Gasteiger partial charge < -0.3 is 5.32 Å². The normalized spacial score (nSPS) is 24.3. The van der Waals surface area contributed by atoms with Gasteiger partial charge in [-0.25, -0.2) is 0 Å². The molecule has 1 aliphatic heterocycles. The van der Waals surface area contributed by atoms with E-state index in [4.69, 9.17) is 5.26 Å². The molecule has 0 aliphatic carbocycles. The smallest absolute Gasteiger partial charge is 0.237 e. The highest BCUT2D eigenvalue weighted by Gasteiger charge is 2.31. The van der Waals surface area contributed by atoms with Gasteiger partial charge in [0.1, 0.15) is 0 Å². The van der Waals surface area contributed by atoms with E-state index in [1.807, 2.05) is 6.92 Å². The van der Waals surface area contributed by atoms with Gasteiger partial charge in [0.15, 0.2) is 0 Å². The molecule has 4 heteroatoms. The molecular weight excluding hydrogens is 190 g/mol. The van der Waals surface area contributed by atoms with Gasteiger partial charge in [-0.3, -0.25) is 9.69 Å². The summed E-state index contributed by atoms with van der Waals surface area (Å²) in [5, 5.41) is 11.6. The maximum Gasteiger partial charge on any atom is 0.237 e. The predicted molar refractivity (Wildman–Crippen MR) is 58.1 cm³/mol. The molecule has 0 aromatic carbocycles. The van der Waals surface area contributed by atoms with Crippen molar-refractivity contribution in [3.05, 3.63) is 0 Å². The number of nitriles is 1. The van der Waals surface area contributed by atoms with E-state index < -0.39 is 0 Å². The zero-order chi connectivity index (χ0) is 11.3. The van der Waals surface area contributed by atoms with Crippen molar-refractivity contribution < 1.29 is 4.79 Å². The number of hydrogen-bond acceptors (Lipinski definition) is 3. The lowest BCUT2D eigenvalue weighted by molar-refractivity contribution is -0.130. The molecule has 0 aromatic rings. The Kier molecular flexibility index (Phi) is 4.57. The highest BCUT2D eigenvalue weighted by molar-refractivity contribution is 5.82. The zero-order valence-corrected chi connectivity index (χ0v) is 9.49.